The van der Waals surface area contributed by atoms with Crippen molar-refractivity contribution in [3.05, 3.63) is 71.4 Å². The van der Waals surface area contributed by atoms with Gasteiger partial charge >= 0.3 is 0 Å². The largest absolute Gasteiger partial charge is 0.361 e. The lowest BCUT2D eigenvalue weighted by atomic mass is 10.1. The first-order valence-electron chi connectivity index (χ1n) is 8.66. The Hall–Kier alpha value is -2.59. The number of carbonyl (C=O) groups excluding carboxylic acids is 1. The molecule has 1 heterocycles. The first-order valence-corrected chi connectivity index (χ1v) is 8.66. The number of hydrogen-bond donors (Lipinski definition) is 2. The second-order valence-electron chi connectivity index (χ2n) is 6.64. The number of para-hydroxylation sites is 1. The van der Waals surface area contributed by atoms with E-state index in [2.05, 4.69) is 53.6 Å². The van der Waals surface area contributed by atoms with Crippen LogP contribution in [-0.2, 0) is 24.3 Å². The van der Waals surface area contributed by atoms with Gasteiger partial charge in [0.2, 0.25) is 5.91 Å². The fourth-order valence-electron chi connectivity index (χ4n) is 3.09. The van der Waals surface area contributed by atoms with Crippen LogP contribution in [0.25, 0.3) is 10.9 Å². The average Bonchev–Trinajstić information content (AvgIpc) is 3.02. The Kier molecular flexibility index (Phi) is 5.51. The lowest BCUT2D eigenvalue weighted by molar-refractivity contribution is -0.121. The number of aryl methyl sites for hydroxylation is 1. The van der Waals surface area contributed by atoms with E-state index >= 15 is 0 Å². The lowest BCUT2D eigenvalue weighted by Gasteiger charge is -2.14. The Bertz CT molecular complexity index is 851. The van der Waals surface area contributed by atoms with E-state index in [4.69, 9.17) is 0 Å². The summed E-state index contributed by atoms with van der Waals surface area (Å²) >= 11 is 0. The van der Waals surface area contributed by atoms with E-state index in [1.54, 1.807) is 0 Å². The smallest absolute Gasteiger partial charge is 0.220 e. The summed E-state index contributed by atoms with van der Waals surface area (Å²) in [6.45, 7) is 1.46. The van der Waals surface area contributed by atoms with Crippen LogP contribution >= 0.6 is 0 Å². The third-order valence-electron chi connectivity index (χ3n) is 4.38. The monoisotopic (exact) mass is 335 g/mol. The Morgan fingerprint density at radius 3 is 2.52 bits per heavy atom. The van der Waals surface area contributed by atoms with Crippen LogP contribution < -0.4 is 5.32 Å². The minimum absolute atomic E-state index is 0.0879. The SMILES string of the molecule is CN(C)Cc1ccccc1CNC(=O)CCc1c[nH]c2ccccc12. The second kappa shape index (κ2) is 7.99. The number of aromatic nitrogens is 1. The fraction of sp³-hybridized carbons (Fsp3) is 0.286. The molecule has 2 N–H and O–H groups in total. The molecular weight excluding hydrogens is 310 g/mol. The molecule has 0 aliphatic rings. The maximum atomic E-state index is 12.2. The van der Waals surface area contributed by atoms with Crippen LogP contribution in [0.1, 0.15) is 23.1 Å². The minimum atomic E-state index is 0.0879. The van der Waals surface area contributed by atoms with Crippen molar-refractivity contribution in [3.8, 4) is 0 Å². The molecule has 0 aliphatic heterocycles. The number of nitrogens with one attached hydrogen (secondary N) is 2. The highest BCUT2D eigenvalue weighted by Crippen LogP contribution is 2.19. The van der Waals surface area contributed by atoms with Crippen LogP contribution in [0, 0.1) is 0 Å². The average molecular weight is 335 g/mol. The summed E-state index contributed by atoms with van der Waals surface area (Å²) in [7, 11) is 4.10. The highest BCUT2D eigenvalue weighted by molar-refractivity contribution is 5.84. The molecule has 1 amide bonds. The van der Waals surface area contributed by atoms with Gasteiger partial charge in [-0.3, -0.25) is 4.79 Å². The highest BCUT2D eigenvalue weighted by atomic mass is 16.1. The molecule has 0 fully saturated rings. The van der Waals surface area contributed by atoms with Gasteiger partial charge in [-0.1, -0.05) is 42.5 Å². The predicted octanol–water partition coefficient (Wildman–Crippen LogP) is 3.48. The Balaban J connectivity index is 1.55. The van der Waals surface area contributed by atoms with Crippen molar-refractivity contribution in [1.29, 1.82) is 0 Å². The molecule has 0 spiro atoms. The molecule has 0 bridgehead atoms. The summed E-state index contributed by atoms with van der Waals surface area (Å²) in [5.41, 5.74) is 4.75. The summed E-state index contributed by atoms with van der Waals surface area (Å²) in [6.07, 6.45) is 3.25. The van der Waals surface area contributed by atoms with Gasteiger partial charge in [-0.2, -0.15) is 0 Å². The zero-order chi connectivity index (χ0) is 17.6. The predicted molar refractivity (Wildman–Crippen MR) is 102 cm³/mol. The Labute approximate surface area is 148 Å². The number of nitrogens with zero attached hydrogens (tertiary/aromatic N) is 1. The highest BCUT2D eigenvalue weighted by Gasteiger charge is 2.08. The molecule has 0 saturated heterocycles. The van der Waals surface area contributed by atoms with Gasteiger partial charge in [-0.05, 0) is 43.3 Å². The van der Waals surface area contributed by atoms with Gasteiger partial charge in [0.15, 0.2) is 0 Å². The van der Waals surface area contributed by atoms with E-state index in [1.165, 1.54) is 22.1 Å². The van der Waals surface area contributed by atoms with Crippen LogP contribution in [0.5, 0.6) is 0 Å². The molecule has 4 nitrogen and oxygen atoms in total. The van der Waals surface area contributed by atoms with Crippen LogP contribution in [-0.4, -0.2) is 29.9 Å². The maximum absolute atomic E-state index is 12.2. The molecule has 4 heteroatoms. The van der Waals surface area contributed by atoms with E-state index in [0.717, 1.165) is 18.5 Å². The molecule has 1 aromatic heterocycles. The third kappa shape index (κ3) is 4.48. The molecule has 0 aliphatic carbocycles. The van der Waals surface area contributed by atoms with Crippen LogP contribution in [0.2, 0.25) is 0 Å². The number of H-pyrrole nitrogens is 1. The van der Waals surface area contributed by atoms with E-state index in [0.29, 0.717) is 13.0 Å². The van der Waals surface area contributed by atoms with E-state index in [1.807, 2.05) is 30.5 Å². The number of amides is 1. The first-order chi connectivity index (χ1) is 12.1. The van der Waals surface area contributed by atoms with Crippen molar-refractivity contribution in [2.75, 3.05) is 14.1 Å². The number of carbonyl (C=O) groups is 1. The van der Waals surface area contributed by atoms with Crippen molar-refractivity contribution in [2.24, 2.45) is 0 Å². The van der Waals surface area contributed by atoms with Gasteiger partial charge in [0.25, 0.3) is 0 Å². The summed E-state index contributed by atoms with van der Waals surface area (Å²) in [5.74, 6) is 0.0879. The Morgan fingerprint density at radius 2 is 1.72 bits per heavy atom. The van der Waals surface area contributed by atoms with Gasteiger partial charge < -0.3 is 15.2 Å². The van der Waals surface area contributed by atoms with E-state index in [-0.39, 0.29) is 5.91 Å². The topological polar surface area (TPSA) is 48.1 Å². The van der Waals surface area contributed by atoms with Gasteiger partial charge in [-0.15, -0.1) is 0 Å². The molecule has 130 valence electrons. The standard InChI is InChI=1S/C21H25N3O/c1-24(2)15-18-8-4-3-7-16(18)13-23-21(25)12-11-17-14-22-20-10-6-5-9-19(17)20/h3-10,14,22H,11-13,15H2,1-2H3,(H,23,25). The molecule has 0 radical (unpaired) electrons. The number of fused-ring (bicyclic) bond motifs is 1. The molecule has 25 heavy (non-hydrogen) atoms. The van der Waals surface area contributed by atoms with Crippen molar-refractivity contribution in [1.82, 2.24) is 15.2 Å². The van der Waals surface area contributed by atoms with Gasteiger partial charge in [-0.25, -0.2) is 0 Å². The van der Waals surface area contributed by atoms with Gasteiger partial charge in [0.05, 0.1) is 0 Å². The van der Waals surface area contributed by atoms with Crippen LogP contribution in [0.4, 0.5) is 0 Å². The Morgan fingerprint density at radius 1 is 1.00 bits per heavy atom. The molecular formula is C21H25N3O. The summed E-state index contributed by atoms with van der Waals surface area (Å²) in [4.78, 5) is 17.6. The van der Waals surface area contributed by atoms with Crippen molar-refractivity contribution in [3.63, 3.8) is 0 Å². The quantitative estimate of drug-likeness (QED) is 0.694. The normalized spacial score (nSPS) is 11.2. The fourth-order valence-corrected chi connectivity index (χ4v) is 3.09. The molecule has 0 atom stereocenters. The van der Waals surface area contributed by atoms with Crippen LogP contribution in [0.3, 0.4) is 0 Å². The molecule has 2 aromatic carbocycles. The van der Waals surface area contributed by atoms with Crippen molar-refractivity contribution >= 4 is 16.8 Å². The number of benzene rings is 2. The van der Waals surface area contributed by atoms with Crippen molar-refractivity contribution < 1.29 is 4.79 Å². The molecule has 0 saturated carbocycles. The van der Waals surface area contributed by atoms with Gasteiger partial charge in [0, 0.05) is 36.6 Å². The second-order valence-corrected chi connectivity index (χ2v) is 6.64. The van der Waals surface area contributed by atoms with Gasteiger partial charge in [0.1, 0.15) is 0 Å². The zero-order valence-electron chi connectivity index (χ0n) is 14.9. The third-order valence-corrected chi connectivity index (χ3v) is 4.38. The summed E-state index contributed by atoms with van der Waals surface area (Å²) < 4.78 is 0. The maximum Gasteiger partial charge on any atom is 0.220 e. The summed E-state index contributed by atoms with van der Waals surface area (Å²) in [5, 5.41) is 4.26. The van der Waals surface area contributed by atoms with Crippen molar-refractivity contribution in [2.45, 2.75) is 25.9 Å². The molecule has 0 unspecified atom stereocenters. The number of hydrogen-bond acceptors (Lipinski definition) is 2. The molecule has 3 rings (SSSR count). The van der Waals surface area contributed by atoms with Crippen LogP contribution in [0.15, 0.2) is 54.7 Å². The van der Waals surface area contributed by atoms with E-state index < -0.39 is 0 Å². The lowest BCUT2D eigenvalue weighted by Crippen LogP contribution is -2.24. The van der Waals surface area contributed by atoms with E-state index in [9.17, 15) is 4.79 Å². The summed E-state index contributed by atoms with van der Waals surface area (Å²) in [6, 6.07) is 16.5. The number of rotatable bonds is 7. The number of aromatic amines is 1. The molecule has 3 aromatic rings. The minimum Gasteiger partial charge on any atom is -0.361 e. The zero-order valence-corrected chi connectivity index (χ0v) is 14.9. The first kappa shape index (κ1) is 17.2.